The summed E-state index contributed by atoms with van der Waals surface area (Å²) in [6.45, 7) is 6.84. The van der Waals surface area contributed by atoms with Crippen LogP contribution in [0.15, 0.2) is 51.8 Å². The van der Waals surface area contributed by atoms with Crippen molar-refractivity contribution in [3.63, 3.8) is 0 Å². The summed E-state index contributed by atoms with van der Waals surface area (Å²) in [7, 11) is 0. The van der Waals surface area contributed by atoms with E-state index in [1.54, 1.807) is 22.8 Å². The van der Waals surface area contributed by atoms with Gasteiger partial charge < -0.3 is 18.9 Å². The minimum absolute atomic E-state index is 0.0658. The number of carbonyl (C=O) groups excluding carboxylic acids is 1. The molecule has 1 unspecified atom stereocenters. The van der Waals surface area contributed by atoms with Crippen molar-refractivity contribution in [3.8, 4) is 5.75 Å². The van der Waals surface area contributed by atoms with E-state index in [-0.39, 0.29) is 17.3 Å². The van der Waals surface area contributed by atoms with Gasteiger partial charge in [0.15, 0.2) is 17.5 Å². The topological polar surface area (TPSA) is 99.7 Å². The molecule has 2 aliphatic heterocycles. The first-order chi connectivity index (χ1) is 19.9. The smallest absolute Gasteiger partial charge is 0.422 e. The lowest BCUT2D eigenvalue weighted by molar-refractivity contribution is 0.0401. The van der Waals surface area contributed by atoms with Gasteiger partial charge in [0.1, 0.15) is 11.6 Å². The molecule has 6 rings (SSSR count). The molecule has 0 spiro atoms. The third kappa shape index (κ3) is 5.74. The number of halogens is 1. The quantitative estimate of drug-likeness (QED) is 0.222. The number of ether oxygens (including phenoxy) is 2. The predicted octanol–water partition coefficient (Wildman–Crippen LogP) is 5.61. The van der Waals surface area contributed by atoms with Gasteiger partial charge in [-0.25, -0.2) is 14.2 Å². The minimum Gasteiger partial charge on any atom is -0.422 e. The van der Waals surface area contributed by atoms with Gasteiger partial charge in [0.25, 0.3) is 5.56 Å². The highest BCUT2D eigenvalue weighted by Gasteiger charge is 2.30. The van der Waals surface area contributed by atoms with Crippen LogP contribution in [-0.4, -0.2) is 45.4 Å². The summed E-state index contributed by atoms with van der Waals surface area (Å²) in [5.74, 6) is 0.804. The van der Waals surface area contributed by atoms with Crippen LogP contribution in [0.5, 0.6) is 5.75 Å². The maximum atomic E-state index is 13.5. The Morgan fingerprint density at radius 1 is 1.07 bits per heavy atom. The molecule has 2 aliphatic rings. The molecular formula is C31H33FN4O5. The second kappa shape index (κ2) is 11.4. The molecule has 0 aliphatic carbocycles. The van der Waals surface area contributed by atoms with Gasteiger partial charge in [-0.1, -0.05) is 22.9 Å². The molecule has 10 heteroatoms. The molecule has 1 atom stereocenters. The van der Waals surface area contributed by atoms with E-state index in [4.69, 9.17) is 19.0 Å². The summed E-state index contributed by atoms with van der Waals surface area (Å²) in [5, 5.41) is 5.11. The highest BCUT2D eigenvalue weighted by molar-refractivity contribution is 5.79. The van der Waals surface area contributed by atoms with E-state index in [0.717, 1.165) is 49.1 Å². The van der Waals surface area contributed by atoms with E-state index < -0.39 is 12.3 Å². The van der Waals surface area contributed by atoms with Gasteiger partial charge in [-0.2, -0.15) is 0 Å². The fraction of sp³-hybridized carbons (Fsp3) is 0.419. The van der Waals surface area contributed by atoms with Crippen LogP contribution in [0, 0.1) is 19.7 Å². The third-order valence-electron chi connectivity index (χ3n) is 8.21. The van der Waals surface area contributed by atoms with Gasteiger partial charge in [-0.15, -0.1) is 0 Å². The van der Waals surface area contributed by atoms with E-state index >= 15 is 0 Å². The number of benzene rings is 2. The number of rotatable bonds is 6. The summed E-state index contributed by atoms with van der Waals surface area (Å²) >= 11 is 0. The number of nitrogens with zero attached hydrogens (tertiary/aromatic N) is 4. The average molecular weight is 561 g/mol. The number of aromatic nitrogens is 3. The van der Waals surface area contributed by atoms with Crippen molar-refractivity contribution in [1.29, 1.82) is 0 Å². The van der Waals surface area contributed by atoms with Gasteiger partial charge in [0.05, 0.1) is 5.69 Å². The SMILES string of the molecule is Cc1ccc(OC(=O)OC2CCCn3c2nc(C)c(CCN2CCC(c4noc5cc(F)ccc45)CC2)c3=O)cc1. The van der Waals surface area contributed by atoms with Gasteiger partial charge in [-0.3, -0.25) is 9.36 Å². The van der Waals surface area contributed by atoms with Crippen LogP contribution < -0.4 is 10.3 Å². The Morgan fingerprint density at radius 3 is 2.63 bits per heavy atom. The molecule has 0 saturated carbocycles. The molecule has 0 amide bonds. The zero-order valence-electron chi connectivity index (χ0n) is 23.3. The van der Waals surface area contributed by atoms with Gasteiger partial charge >= 0.3 is 6.16 Å². The maximum Gasteiger partial charge on any atom is 0.514 e. The maximum absolute atomic E-state index is 13.5. The van der Waals surface area contributed by atoms with E-state index in [0.29, 0.717) is 54.2 Å². The fourth-order valence-corrected chi connectivity index (χ4v) is 5.91. The minimum atomic E-state index is -0.808. The molecule has 41 heavy (non-hydrogen) atoms. The lowest BCUT2D eigenvalue weighted by Gasteiger charge is -2.31. The lowest BCUT2D eigenvalue weighted by atomic mass is 9.91. The molecule has 2 aromatic heterocycles. The third-order valence-corrected chi connectivity index (χ3v) is 8.21. The van der Waals surface area contributed by atoms with Crippen molar-refractivity contribution in [2.45, 2.75) is 64.5 Å². The molecule has 2 aromatic carbocycles. The largest absolute Gasteiger partial charge is 0.514 e. The first-order valence-electron chi connectivity index (χ1n) is 14.2. The number of aryl methyl sites for hydroxylation is 2. The summed E-state index contributed by atoms with van der Waals surface area (Å²) < 4.78 is 31.5. The number of piperidine rings is 1. The van der Waals surface area contributed by atoms with E-state index in [1.165, 1.54) is 12.1 Å². The zero-order chi connectivity index (χ0) is 28.5. The van der Waals surface area contributed by atoms with Crippen molar-refractivity contribution in [2.75, 3.05) is 19.6 Å². The first-order valence-corrected chi connectivity index (χ1v) is 14.2. The van der Waals surface area contributed by atoms with Crippen LogP contribution in [0.2, 0.25) is 0 Å². The molecule has 1 saturated heterocycles. The second-order valence-electron chi connectivity index (χ2n) is 11.0. The molecule has 1 fully saturated rings. The normalized spacial score (nSPS) is 17.9. The molecular weight excluding hydrogens is 527 g/mol. The predicted molar refractivity (Wildman–Crippen MR) is 150 cm³/mol. The highest BCUT2D eigenvalue weighted by Crippen LogP contribution is 2.33. The van der Waals surface area contributed by atoms with Crippen LogP contribution in [0.1, 0.15) is 66.0 Å². The number of carbonyl (C=O) groups is 1. The molecule has 0 N–H and O–H groups in total. The summed E-state index contributed by atoms with van der Waals surface area (Å²) in [4.78, 5) is 33.1. The van der Waals surface area contributed by atoms with Crippen LogP contribution in [0.4, 0.5) is 9.18 Å². The Morgan fingerprint density at radius 2 is 1.85 bits per heavy atom. The Balaban J connectivity index is 1.08. The van der Waals surface area contributed by atoms with Gasteiger partial charge in [0, 0.05) is 41.7 Å². The Bertz CT molecular complexity index is 1620. The van der Waals surface area contributed by atoms with Crippen molar-refractivity contribution < 1.29 is 23.2 Å². The van der Waals surface area contributed by atoms with Crippen LogP contribution in [0.3, 0.4) is 0 Å². The standard InChI is InChI=1S/C31H33FN4O5/c1-19-5-8-23(9-6-19)39-31(38)40-26-4-3-14-36-29(26)33-20(2)24(30(36)37)13-17-35-15-11-21(12-16-35)28-25-10-7-22(32)18-27(25)41-34-28/h5-10,18,21,26H,3-4,11-17H2,1-2H3. The summed E-state index contributed by atoms with van der Waals surface area (Å²) in [6, 6.07) is 11.7. The second-order valence-corrected chi connectivity index (χ2v) is 11.0. The molecule has 0 bridgehead atoms. The zero-order valence-corrected chi connectivity index (χ0v) is 23.3. The van der Waals surface area contributed by atoms with Gasteiger partial charge in [-0.05, 0) is 83.3 Å². The monoisotopic (exact) mass is 560 g/mol. The van der Waals surface area contributed by atoms with Crippen molar-refractivity contribution in [2.24, 2.45) is 0 Å². The number of hydrogen-bond donors (Lipinski definition) is 0. The van der Waals surface area contributed by atoms with Crippen LogP contribution in [-0.2, 0) is 17.7 Å². The first kappa shape index (κ1) is 27.1. The highest BCUT2D eigenvalue weighted by atomic mass is 19.1. The van der Waals surface area contributed by atoms with Crippen LogP contribution in [0.25, 0.3) is 11.0 Å². The van der Waals surface area contributed by atoms with Crippen molar-refractivity contribution in [1.82, 2.24) is 19.6 Å². The molecule has 214 valence electrons. The lowest BCUT2D eigenvalue weighted by Crippen LogP contribution is -2.38. The van der Waals surface area contributed by atoms with Crippen molar-refractivity contribution >= 4 is 17.1 Å². The number of likely N-dealkylation sites (tertiary alicyclic amines) is 1. The number of hydrogen-bond acceptors (Lipinski definition) is 8. The number of fused-ring (bicyclic) bond motifs is 2. The summed E-state index contributed by atoms with van der Waals surface area (Å²) in [5.41, 5.74) is 3.73. The Labute approximate surface area is 236 Å². The van der Waals surface area contributed by atoms with Crippen molar-refractivity contribution in [3.05, 3.63) is 87.0 Å². The molecule has 4 aromatic rings. The molecule has 4 heterocycles. The van der Waals surface area contributed by atoms with E-state index in [9.17, 15) is 14.0 Å². The molecule has 9 nitrogen and oxygen atoms in total. The van der Waals surface area contributed by atoms with E-state index in [2.05, 4.69) is 10.1 Å². The average Bonchev–Trinajstić information content (AvgIpc) is 3.38. The fourth-order valence-electron chi connectivity index (χ4n) is 5.91. The van der Waals surface area contributed by atoms with Gasteiger partial charge in [0.2, 0.25) is 0 Å². The Hall–Kier alpha value is -4.05. The van der Waals surface area contributed by atoms with E-state index in [1.807, 2.05) is 26.0 Å². The summed E-state index contributed by atoms with van der Waals surface area (Å²) in [6.07, 6.45) is 2.27. The Kier molecular flexibility index (Phi) is 7.57. The van der Waals surface area contributed by atoms with Crippen LogP contribution >= 0.6 is 0 Å². The molecule has 0 radical (unpaired) electrons.